The summed E-state index contributed by atoms with van der Waals surface area (Å²) >= 11 is 5.74. The Labute approximate surface area is 132 Å². The Morgan fingerprint density at radius 2 is 1.73 bits per heavy atom. The van der Waals surface area contributed by atoms with Crippen LogP contribution in [0.1, 0.15) is 11.1 Å². The topological polar surface area (TPSA) is 77.3 Å². The molecule has 0 aliphatic carbocycles. The fraction of sp³-hybridized carbons (Fsp3) is 0.0667. The molecule has 0 unspecified atom stereocenters. The number of nitro benzene ring substituents is 1. The van der Waals surface area contributed by atoms with Crippen LogP contribution in [-0.2, 0) is 15.6 Å². The molecule has 0 fully saturated rings. The van der Waals surface area contributed by atoms with E-state index in [9.17, 15) is 18.5 Å². The van der Waals surface area contributed by atoms with Crippen LogP contribution in [0, 0.1) is 10.1 Å². The monoisotopic (exact) mass is 337 g/mol. The van der Waals surface area contributed by atoms with Gasteiger partial charge in [-0.3, -0.25) is 10.1 Å². The van der Waals surface area contributed by atoms with Crippen LogP contribution < -0.4 is 0 Å². The van der Waals surface area contributed by atoms with E-state index >= 15 is 0 Å². The first-order valence-electron chi connectivity index (χ1n) is 6.26. The minimum atomic E-state index is -3.53. The molecule has 0 saturated heterocycles. The van der Waals surface area contributed by atoms with Crippen molar-refractivity contribution in [2.24, 2.45) is 0 Å². The second-order valence-corrected chi connectivity index (χ2v) is 6.88. The highest BCUT2D eigenvalue weighted by atomic mass is 35.5. The van der Waals surface area contributed by atoms with Gasteiger partial charge in [0, 0.05) is 16.5 Å². The van der Waals surface area contributed by atoms with Crippen LogP contribution in [0.25, 0.3) is 6.08 Å². The number of hydrogen-bond acceptors (Lipinski definition) is 4. The van der Waals surface area contributed by atoms with E-state index in [2.05, 4.69) is 0 Å². The van der Waals surface area contributed by atoms with Crippen LogP contribution in [0.2, 0.25) is 5.02 Å². The first kappa shape index (κ1) is 16.2. The predicted molar refractivity (Wildman–Crippen MR) is 86.2 cm³/mol. The van der Waals surface area contributed by atoms with Crippen molar-refractivity contribution >= 4 is 33.2 Å². The summed E-state index contributed by atoms with van der Waals surface area (Å²) in [5, 5.41) is 12.4. The van der Waals surface area contributed by atoms with Crippen molar-refractivity contribution in [3.8, 4) is 0 Å². The lowest BCUT2D eigenvalue weighted by atomic mass is 10.2. The lowest BCUT2D eigenvalue weighted by molar-refractivity contribution is -0.385. The van der Waals surface area contributed by atoms with Gasteiger partial charge < -0.3 is 0 Å². The summed E-state index contributed by atoms with van der Waals surface area (Å²) in [6, 6.07) is 12.4. The van der Waals surface area contributed by atoms with Crippen molar-refractivity contribution < 1.29 is 13.3 Å². The molecule has 0 N–H and O–H groups in total. The number of nitrogens with zero attached hydrogens (tertiary/aromatic N) is 1. The maximum absolute atomic E-state index is 12.0. The lowest BCUT2D eigenvalue weighted by Crippen LogP contribution is -2.00. The van der Waals surface area contributed by atoms with Gasteiger partial charge in [0.1, 0.15) is 0 Å². The Kier molecular flexibility index (Phi) is 4.95. The standard InChI is InChI=1S/C15H12ClNO4S/c16-14-7-5-12(6-8-14)11-22(20,21)10-9-13-3-1-2-4-15(13)17(18)19/h1-10H,11H2/b10-9+. The summed E-state index contributed by atoms with van der Waals surface area (Å²) in [5.74, 6) is -0.193. The normalized spacial score (nSPS) is 11.7. The fourth-order valence-electron chi connectivity index (χ4n) is 1.83. The molecule has 2 rings (SSSR count). The SMILES string of the molecule is O=[N+]([O-])c1ccccc1/C=C/S(=O)(=O)Cc1ccc(Cl)cc1. The van der Waals surface area contributed by atoms with Gasteiger partial charge in [-0.25, -0.2) is 8.42 Å². The van der Waals surface area contributed by atoms with Crippen LogP contribution in [0.5, 0.6) is 0 Å². The molecule has 0 amide bonds. The predicted octanol–water partition coefficient (Wildman–Crippen LogP) is 3.83. The van der Waals surface area contributed by atoms with Gasteiger partial charge in [-0.1, -0.05) is 35.9 Å². The Balaban J connectivity index is 2.21. The number of rotatable bonds is 5. The van der Waals surface area contributed by atoms with E-state index in [4.69, 9.17) is 11.6 Å². The molecule has 0 aliphatic rings. The van der Waals surface area contributed by atoms with E-state index in [1.807, 2.05) is 0 Å². The summed E-state index contributed by atoms with van der Waals surface area (Å²) in [7, 11) is -3.53. The highest BCUT2D eigenvalue weighted by molar-refractivity contribution is 7.93. The second-order valence-electron chi connectivity index (χ2n) is 4.55. The number of benzene rings is 2. The Morgan fingerprint density at radius 1 is 1.09 bits per heavy atom. The minimum absolute atomic E-state index is 0.138. The molecule has 0 aliphatic heterocycles. The van der Waals surface area contributed by atoms with Crippen LogP contribution in [0.15, 0.2) is 53.9 Å². The third-order valence-electron chi connectivity index (χ3n) is 2.87. The fourth-order valence-corrected chi connectivity index (χ4v) is 3.07. The number of para-hydroxylation sites is 1. The summed E-state index contributed by atoms with van der Waals surface area (Å²) in [6.45, 7) is 0. The number of halogens is 1. The highest BCUT2D eigenvalue weighted by Crippen LogP contribution is 2.20. The summed E-state index contributed by atoms with van der Waals surface area (Å²) < 4.78 is 24.1. The quantitative estimate of drug-likeness (QED) is 0.613. The zero-order valence-electron chi connectivity index (χ0n) is 11.3. The van der Waals surface area contributed by atoms with Gasteiger partial charge in [0.25, 0.3) is 5.69 Å². The molecule has 2 aromatic rings. The van der Waals surface area contributed by atoms with Crippen molar-refractivity contribution in [3.63, 3.8) is 0 Å². The van der Waals surface area contributed by atoms with Gasteiger partial charge in [0.2, 0.25) is 0 Å². The molecule has 0 saturated carbocycles. The Morgan fingerprint density at radius 3 is 2.36 bits per heavy atom. The van der Waals surface area contributed by atoms with Crippen LogP contribution >= 0.6 is 11.6 Å². The molecule has 2 aromatic carbocycles. The second kappa shape index (κ2) is 6.72. The van der Waals surface area contributed by atoms with Gasteiger partial charge in [0.15, 0.2) is 9.84 Å². The molecular formula is C15H12ClNO4S. The Bertz CT molecular complexity index is 814. The average Bonchev–Trinajstić information content (AvgIpc) is 2.48. The molecule has 114 valence electrons. The Hall–Kier alpha value is -2.18. The maximum atomic E-state index is 12.0. The molecule has 0 bridgehead atoms. The number of sulfone groups is 1. The van der Waals surface area contributed by atoms with Gasteiger partial charge in [-0.2, -0.15) is 0 Å². The smallest absolute Gasteiger partial charge is 0.258 e. The molecule has 0 spiro atoms. The molecule has 7 heteroatoms. The van der Waals surface area contributed by atoms with E-state index in [-0.39, 0.29) is 17.0 Å². The molecule has 5 nitrogen and oxygen atoms in total. The molecular weight excluding hydrogens is 326 g/mol. The first-order valence-corrected chi connectivity index (χ1v) is 8.35. The van der Waals surface area contributed by atoms with E-state index < -0.39 is 14.8 Å². The van der Waals surface area contributed by atoms with Gasteiger partial charge >= 0.3 is 0 Å². The van der Waals surface area contributed by atoms with E-state index in [0.29, 0.717) is 10.6 Å². The third-order valence-corrected chi connectivity index (χ3v) is 4.41. The molecule has 22 heavy (non-hydrogen) atoms. The number of nitro groups is 1. The lowest BCUT2D eigenvalue weighted by Gasteiger charge is -2.01. The van der Waals surface area contributed by atoms with Crippen molar-refractivity contribution in [1.82, 2.24) is 0 Å². The first-order chi connectivity index (χ1) is 10.4. The number of hydrogen-bond donors (Lipinski definition) is 0. The summed E-state index contributed by atoms with van der Waals surface area (Å²) in [6.07, 6.45) is 1.24. The van der Waals surface area contributed by atoms with E-state index in [1.54, 1.807) is 30.3 Å². The van der Waals surface area contributed by atoms with E-state index in [1.165, 1.54) is 24.3 Å². The zero-order valence-corrected chi connectivity index (χ0v) is 12.9. The average molecular weight is 338 g/mol. The maximum Gasteiger partial charge on any atom is 0.276 e. The van der Waals surface area contributed by atoms with Crippen molar-refractivity contribution in [3.05, 3.63) is 80.2 Å². The largest absolute Gasteiger partial charge is 0.276 e. The zero-order chi connectivity index (χ0) is 16.2. The molecule has 0 heterocycles. The van der Waals surface area contributed by atoms with E-state index in [0.717, 1.165) is 5.41 Å². The third kappa shape index (κ3) is 4.41. The van der Waals surface area contributed by atoms with Crippen LogP contribution in [0.3, 0.4) is 0 Å². The molecule has 0 aromatic heterocycles. The highest BCUT2D eigenvalue weighted by Gasteiger charge is 2.12. The summed E-state index contributed by atoms with van der Waals surface area (Å²) in [4.78, 5) is 10.3. The molecule has 0 atom stereocenters. The minimum Gasteiger partial charge on any atom is -0.258 e. The molecule has 0 radical (unpaired) electrons. The van der Waals surface area contributed by atoms with Gasteiger partial charge in [-0.05, 0) is 29.8 Å². The van der Waals surface area contributed by atoms with Crippen molar-refractivity contribution in [2.75, 3.05) is 0 Å². The van der Waals surface area contributed by atoms with Crippen LogP contribution in [-0.4, -0.2) is 13.3 Å². The van der Waals surface area contributed by atoms with Crippen molar-refractivity contribution in [2.45, 2.75) is 5.75 Å². The summed E-state index contributed by atoms with van der Waals surface area (Å²) in [5.41, 5.74) is 0.698. The van der Waals surface area contributed by atoms with Crippen molar-refractivity contribution in [1.29, 1.82) is 0 Å². The van der Waals surface area contributed by atoms with Crippen LogP contribution in [0.4, 0.5) is 5.69 Å². The van der Waals surface area contributed by atoms with Gasteiger partial charge in [0.05, 0.1) is 16.2 Å². The van der Waals surface area contributed by atoms with Gasteiger partial charge in [-0.15, -0.1) is 0 Å².